The van der Waals surface area contributed by atoms with Crippen molar-refractivity contribution >= 4 is 40.3 Å². The standard InChI is InChI=1S/C22H15ClF3N5O3/c1-13(32)14-2-6-16(7-3-14)29-27-21(15-4-8-17(9-5-15)31(33)34)28-30(29)18-10-11-20(23)19(12-18)22(24,25)26/h2-12H,1H3,(H,27,28). The highest BCUT2D eigenvalue weighted by Gasteiger charge is 2.35. The molecule has 0 aliphatic carbocycles. The Balaban J connectivity index is 1.78. The summed E-state index contributed by atoms with van der Waals surface area (Å²) in [6.07, 6.45) is -4.68. The lowest BCUT2D eigenvalue weighted by atomic mass is 10.1. The first-order valence-electron chi connectivity index (χ1n) is 9.72. The summed E-state index contributed by atoms with van der Waals surface area (Å²) in [4.78, 5) is 22.0. The molecule has 8 nitrogen and oxygen atoms in total. The maximum Gasteiger partial charge on any atom is 0.417 e. The molecule has 0 saturated heterocycles. The summed E-state index contributed by atoms with van der Waals surface area (Å²) >= 11 is 5.76. The fourth-order valence-electron chi connectivity index (χ4n) is 3.21. The molecule has 0 amide bonds. The Kier molecular flexibility index (Phi) is 5.88. The van der Waals surface area contributed by atoms with Crippen LogP contribution in [-0.4, -0.2) is 16.5 Å². The molecule has 4 rings (SSSR count). The largest absolute Gasteiger partial charge is 0.417 e. The summed E-state index contributed by atoms with van der Waals surface area (Å²) in [5.41, 5.74) is 3.27. The predicted molar refractivity (Wildman–Crippen MR) is 121 cm³/mol. The second-order valence-electron chi connectivity index (χ2n) is 7.23. The van der Waals surface area contributed by atoms with Crippen LogP contribution >= 0.6 is 11.6 Å². The summed E-state index contributed by atoms with van der Waals surface area (Å²) in [5.74, 6) is 0.0853. The molecule has 0 radical (unpaired) electrons. The number of hydrogen-bond acceptors (Lipinski definition) is 7. The van der Waals surface area contributed by atoms with Crippen LogP contribution in [0.15, 0.2) is 71.8 Å². The number of nitrogens with one attached hydrogen (secondary N) is 1. The Hall–Kier alpha value is -4.12. The number of nitro benzene ring substituents is 1. The van der Waals surface area contributed by atoms with Gasteiger partial charge >= 0.3 is 6.18 Å². The fraction of sp³-hybridized carbons (Fsp3) is 0.0909. The van der Waals surface area contributed by atoms with Crippen molar-refractivity contribution in [3.63, 3.8) is 0 Å². The number of carbonyl (C=O) groups excluding carboxylic acids is 1. The number of hydrazone groups is 1. The summed E-state index contributed by atoms with van der Waals surface area (Å²) in [6, 6.07) is 15.2. The summed E-state index contributed by atoms with van der Waals surface area (Å²) in [5, 5.41) is 17.4. The maximum absolute atomic E-state index is 13.4. The number of rotatable bonds is 5. The van der Waals surface area contributed by atoms with Crippen LogP contribution < -0.4 is 15.7 Å². The Morgan fingerprint density at radius 2 is 1.65 bits per heavy atom. The third-order valence-corrected chi connectivity index (χ3v) is 5.28. The quantitative estimate of drug-likeness (QED) is 0.286. The first kappa shape index (κ1) is 23.1. The highest BCUT2D eigenvalue weighted by atomic mass is 35.5. The van der Waals surface area contributed by atoms with E-state index in [1.165, 1.54) is 47.5 Å². The average molecular weight is 490 g/mol. The molecule has 0 saturated carbocycles. The normalized spacial score (nSPS) is 13.5. The lowest BCUT2D eigenvalue weighted by Gasteiger charge is -2.28. The van der Waals surface area contributed by atoms with E-state index < -0.39 is 21.7 Å². The van der Waals surface area contributed by atoms with Gasteiger partial charge in [-0.05, 0) is 61.5 Å². The molecule has 3 aromatic rings. The van der Waals surface area contributed by atoms with E-state index in [2.05, 4.69) is 10.5 Å². The van der Waals surface area contributed by atoms with Crippen LogP contribution in [0.1, 0.15) is 28.4 Å². The molecule has 1 aliphatic rings. The molecule has 174 valence electrons. The van der Waals surface area contributed by atoms with Crippen molar-refractivity contribution in [3.8, 4) is 0 Å². The van der Waals surface area contributed by atoms with Crippen LogP contribution in [0, 0.1) is 10.1 Å². The third-order valence-electron chi connectivity index (χ3n) is 4.95. The molecule has 0 aromatic heterocycles. The minimum absolute atomic E-state index is 0.0526. The number of alkyl halides is 3. The van der Waals surface area contributed by atoms with E-state index in [1.54, 1.807) is 24.3 Å². The second kappa shape index (κ2) is 8.67. The van der Waals surface area contributed by atoms with Crippen LogP contribution in [0.4, 0.5) is 30.2 Å². The Morgan fingerprint density at radius 3 is 2.21 bits per heavy atom. The first-order valence-corrected chi connectivity index (χ1v) is 10.1. The number of Topliss-reactive ketones (excluding diaryl/α,β-unsaturated/α-hetero) is 1. The van der Waals surface area contributed by atoms with Gasteiger partial charge in [0.05, 0.1) is 26.9 Å². The third kappa shape index (κ3) is 4.50. The van der Waals surface area contributed by atoms with Crippen LogP contribution in [0.25, 0.3) is 0 Å². The second-order valence-corrected chi connectivity index (χ2v) is 7.64. The number of nitrogens with zero attached hydrogens (tertiary/aromatic N) is 4. The van der Waals surface area contributed by atoms with E-state index in [1.807, 2.05) is 0 Å². The maximum atomic E-state index is 13.4. The Labute approximate surface area is 195 Å². The highest BCUT2D eigenvalue weighted by Crippen LogP contribution is 2.38. The Bertz CT molecular complexity index is 1290. The molecule has 0 atom stereocenters. The van der Waals surface area contributed by atoms with Crippen LogP contribution in [0.2, 0.25) is 5.02 Å². The molecular weight excluding hydrogens is 475 g/mol. The van der Waals surface area contributed by atoms with Crippen LogP contribution in [0.3, 0.4) is 0 Å². The molecule has 1 aliphatic heterocycles. The van der Waals surface area contributed by atoms with Gasteiger partial charge in [0.2, 0.25) is 0 Å². The van der Waals surface area contributed by atoms with Crippen LogP contribution in [0.5, 0.6) is 0 Å². The van der Waals surface area contributed by atoms with Gasteiger partial charge in [-0.1, -0.05) is 11.6 Å². The highest BCUT2D eigenvalue weighted by molar-refractivity contribution is 6.31. The van der Waals surface area contributed by atoms with E-state index in [0.717, 1.165) is 12.1 Å². The van der Waals surface area contributed by atoms with Crippen molar-refractivity contribution in [3.05, 3.63) is 98.6 Å². The number of benzene rings is 3. The Morgan fingerprint density at radius 1 is 1.03 bits per heavy atom. The summed E-state index contributed by atoms with van der Waals surface area (Å²) in [6.45, 7) is 1.41. The zero-order valence-electron chi connectivity index (χ0n) is 17.4. The van der Waals surface area contributed by atoms with Gasteiger partial charge in [0.1, 0.15) is 0 Å². The molecule has 0 bridgehead atoms. The summed E-state index contributed by atoms with van der Waals surface area (Å²) in [7, 11) is 0. The van der Waals surface area contributed by atoms with Gasteiger partial charge in [0.15, 0.2) is 11.6 Å². The van der Waals surface area contributed by atoms with Gasteiger partial charge in [0, 0.05) is 23.3 Å². The number of anilines is 2. The predicted octanol–water partition coefficient (Wildman–Crippen LogP) is 5.58. The lowest BCUT2D eigenvalue weighted by Crippen LogP contribution is -2.44. The molecule has 1 N–H and O–H groups in total. The SMILES string of the molecule is CC(=O)c1ccc(N2NC(c3ccc([N+](=O)[O-])cc3)=NN2c2ccc(Cl)c(C(F)(F)F)c2)cc1. The monoisotopic (exact) mass is 489 g/mol. The van der Waals surface area contributed by atoms with Crippen molar-refractivity contribution in [2.45, 2.75) is 13.1 Å². The van der Waals surface area contributed by atoms with E-state index >= 15 is 0 Å². The van der Waals surface area contributed by atoms with E-state index in [4.69, 9.17) is 11.6 Å². The van der Waals surface area contributed by atoms with Gasteiger partial charge in [-0.2, -0.15) is 23.4 Å². The summed E-state index contributed by atoms with van der Waals surface area (Å²) < 4.78 is 40.3. The van der Waals surface area contributed by atoms with E-state index in [-0.39, 0.29) is 23.0 Å². The van der Waals surface area contributed by atoms with Crippen molar-refractivity contribution in [1.29, 1.82) is 0 Å². The van der Waals surface area contributed by atoms with Crippen molar-refractivity contribution in [2.75, 3.05) is 10.2 Å². The smallest absolute Gasteiger partial charge is 0.295 e. The van der Waals surface area contributed by atoms with Crippen molar-refractivity contribution < 1.29 is 22.9 Å². The minimum Gasteiger partial charge on any atom is -0.295 e. The number of halogens is 4. The van der Waals surface area contributed by atoms with Gasteiger partial charge < -0.3 is 0 Å². The number of non-ortho nitro benzene ring substituents is 1. The van der Waals surface area contributed by atoms with Crippen molar-refractivity contribution in [1.82, 2.24) is 5.43 Å². The zero-order chi connectivity index (χ0) is 24.6. The number of ketones is 1. The van der Waals surface area contributed by atoms with Crippen LogP contribution in [-0.2, 0) is 6.18 Å². The minimum atomic E-state index is -4.68. The molecule has 0 unspecified atom stereocenters. The van der Waals surface area contributed by atoms with Gasteiger partial charge in [-0.15, -0.1) is 5.10 Å². The first-order chi connectivity index (χ1) is 16.0. The molecular formula is C22H15ClF3N5O3. The average Bonchev–Trinajstić information content (AvgIpc) is 3.24. The number of amidine groups is 1. The van der Waals surface area contributed by atoms with Gasteiger partial charge in [-0.3, -0.25) is 20.3 Å². The van der Waals surface area contributed by atoms with Gasteiger partial charge in [-0.25, -0.2) is 0 Å². The molecule has 1 heterocycles. The van der Waals surface area contributed by atoms with E-state index in [9.17, 15) is 28.1 Å². The van der Waals surface area contributed by atoms with E-state index in [0.29, 0.717) is 16.8 Å². The molecule has 0 spiro atoms. The van der Waals surface area contributed by atoms with Crippen molar-refractivity contribution in [2.24, 2.45) is 5.10 Å². The number of hydrogen-bond donors (Lipinski definition) is 1. The lowest BCUT2D eigenvalue weighted by molar-refractivity contribution is -0.384. The molecule has 34 heavy (non-hydrogen) atoms. The molecule has 12 heteroatoms. The topological polar surface area (TPSA) is 91.1 Å². The molecule has 3 aromatic carbocycles. The number of nitro groups is 1. The number of hydrazine groups is 2. The fourth-order valence-corrected chi connectivity index (χ4v) is 3.44. The zero-order valence-corrected chi connectivity index (χ0v) is 18.1. The molecule has 0 fully saturated rings. The number of carbonyl (C=O) groups is 1. The van der Waals surface area contributed by atoms with Gasteiger partial charge in [0.25, 0.3) is 5.69 Å².